The van der Waals surface area contributed by atoms with Crippen LogP contribution in [0.4, 0.5) is 0 Å². The first-order valence-electron chi connectivity index (χ1n) is 8.22. The van der Waals surface area contributed by atoms with Crippen LogP contribution in [0.1, 0.15) is 21.5 Å². The van der Waals surface area contributed by atoms with Gasteiger partial charge in [0.05, 0.1) is 26.9 Å². The van der Waals surface area contributed by atoms with E-state index in [-0.39, 0.29) is 19.1 Å². The van der Waals surface area contributed by atoms with E-state index < -0.39 is 0 Å². The molecule has 2 rings (SSSR count). The Bertz CT molecular complexity index is 744. The largest absolute Gasteiger partial charge is 0.496 e. The third-order valence-electron chi connectivity index (χ3n) is 3.58. The summed E-state index contributed by atoms with van der Waals surface area (Å²) in [7, 11) is 1.59. The Morgan fingerprint density at radius 3 is 2.62 bits per heavy atom. The lowest BCUT2D eigenvalue weighted by Gasteiger charge is -2.09. The van der Waals surface area contributed by atoms with E-state index in [0.29, 0.717) is 29.5 Å². The predicted molar refractivity (Wildman–Crippen MR) is 104 cm³/mol. The first kappa shape index (κ1) is 20.0. The Kier molecular flexibility index (Phi) is 8.15. The zero-order valence-corrected chi connectivity index (χ0v) is 15.3. The van der Waals surface area contributed by atoms with Gasteiger partial charge < -0.3 is 19.9 Å². The minimum Gasteiger partial charge on any atom is -0.496 e. The second-order valence-corrected chi connectivity index (χ2v) is 5.87. The normalized spacial score (nSPS) is 10.9. The molecule has 0 saturated carbocycles. The molecule has 26 heavy (non-hydrogen) atoms. The Morgan fingerprint density at radius 2 is 1.92 bits per heavy atom. The number of nitrogens with one attached hydrogen (secondary N) is 1. The van der Waals surface area contributed by atoms with Gasteiger partial charge >= 0.3 is 0 Å². The molecule has 0 aromatic heterocycles. The van der Waals surface area contributed by atoms with E-state index in [9.17, 15) is 4.79 Å². The molecule has 6 heteroatoms. The van der Waals surface area contributed by atoms with Crippen molar-refractivity contribution in [3.63, 3.8) is 0 Å². The number of carbonyl (C=O) groups is 1. The molecule has 1 amide bonds. The zero-order chi connectivity index (χ0) is 18.8. The monoisotopic (exact) mass is 375 g/mol. The molecule has 0 radical (unpaired) electrons. The smallest absolute Gasteiger partial charge is 0.251 e. The molecule has 0 aliphatic heterocycles. The molecule has 0 spiro atoms. The molecule has 0 unspecified atom stereocenters. The van der Waals surface area contributed by atoms with Gasteiger partial charge in [0, 0.05) is 22.7 Å². The van der Waals surface area contributed by atoms with Crippen molar-refractivity contribution in [3.8, 4) is 5.75 Å². The highest BCUT2D eigenvalue weighted by Crippen LogP contribution is 2.23. The molecule has 0 fully saturated rings. The predicted octanol–water partition coefficient (Wildman–Crippen LogP) is 3.26. The summed E-state index contributed by atoms with van der Waals surface area (Å²) in [4.78, 5) is 12.2. The standard InChI is InChI=1S/C20H22ClNO4/c1-25-19-9-6-17(20(24)22-10-12-26-13-11-23)14-16(19)5-2-15-3-7-18(21)8-4-15/h2-9,14,23H,10-13H2,1H3,(H,22,24). The Labute approximate surface area is 158 Å². The first-order chi connectivity index (χ1) is 12.6. The fourth-order valence-corrected chi connectivity index (χ4v) is 2.40. The lowest BCUT2D eigenvalue weighted by atomic mass is 10.1. The molecule has 0 saturated heterocycles. The number of halogens is 1. The van der Waals surface area contributed by atoms with Crippen LogP contribution in [0.15, 0.2) is 42.5 Å². The summed E-state index contributed by atoms with van der Waals surface area (Å²) in [5.74, 6) is 0.486. The van der Waals surface area contributed by atoms with Gasteiger partial charge in [-0.2, -0.15) is 0 Å². The number of benzene rings is 2. The number of hydrogen-bond donors (Lipinski definition) is 2. The third kappa shape index (κ3) is 6.19. The molecule has 0 aliphatic carbocycles. The van der Waals surface area contributed by atoms with Gasteiger partial charge in [-0.15, -0.1) is 0 Å². The minimum absolute atomic E-state index is 0.0320. The number of carbonyl (C=O) groups excluding carboxylic acids is 1. The number of aliphatic hydroxyl groups is 1. The van der Waals surface area contributed by atoms with Crippen molar-refractivity contribution in [2.75, 3.05) is 33.5 Å². The van der Waals surface area contributed by atoms with E-state index in [0.717, 1.165) is 11.1 Å². The molecular formula is C20H22ClNO4. The third-order valence-corrected chi connectivity index (χ3v) is 3.84. The molecular weight excluding hydrogens is 354 g/mol. The van der Waals surface area contributed by atoms with Gasteiger partial charge in [-0.1, -0.05) is 35.9 Å². The van der Waals surface area contributed by atoms with Gasteiger partial charge in [-0.25, -0.2) is 0 Å². The fraction of sp³-hybridized carbons (Fsp3) is 0.250. The second-order valence-electron chi connectivity index (χ2n) is 5.43. The molecule has 5 nitrogen and oxygen atoms in total. The molecule has 0 heterocycles. The summed E-state index contributed by atoms with van der Waals surface area (Å²) >= 11 is 5.89. The van der Waals surface area contributed by atoms with Gasteiger partial charge in [0.1, 0.15) is 5.75 Å². The molecule has 2 aromatic rings. The van der Waals surface area contributed by atoms with E-state index in [1.165, 1.54) is 0 Å². The van der Waals surface area contributed by atoms with Crippen molar-refractivity contribution in [2.24, 2.45) is 0 Å². The number of ether oxygens (including phenoxy) is 2. The highest BCUT2D eigenvalue weighted by atomic mass is 35.5. The molecule has 2 N–H and O–H groups in total. The van der Waals surface area contributed by atoms with Crippen LogP contribution >= 0.6 is 11.6 Å². The van der Waals surface area contributed by atoms with Gasteiger partial charge in [0.2, 0.25) is 0 Å². The maximum atomic E-state index is 12.2. The molecule has 0 bridgehead atoms. The van der Waals surface area contributed by atoms with Crippen molar-refractivity contribution in [1.82, 2.24) is 5.32 Å². The van der Waals surface area contributed by atoms with Crippen LogP contribution in [0.2, 0.25) is 5.02 Å². The number of aliphatic hydroxyl groups excluding tert-OH is 1. The number of amides is 1. The van der Waals surface area contributed by atoms with E-state index in [1.807, 2.05) is 36.4 Å². The van der Waals surface area contributed by atoms with E-state index >= 15 is 0 Å². The quantitative estimate of drug-likeness (QED) is 0.521. The van der Waals surface area contributed by atoms with Crippen molar-refractivity contribution in [3.05, 3.63) is 64.2 Å². The van der Waals surface area contributed by atoms with Crippen LogP contribution in [-0.4, -0.2) is 44.5 Å². The van der Waals surface area contributed by atoms with Crippen molar-refractivity contribution >= 4 is 29.7 Å². The average molecular weight is 376 g/mol. The maximum absolute atomic E-state index is 12.2. The SMILES string of the molecule is COc1ccc(C(=O)NCCOCCO)cc1C=Cc1ccc(Cl)cc1. The first-order valence-corrected chi connectivity index (χ1v) is 8.60. The maximum Gasteiger partial charge on any atom is 0.251 e. The molecule has 2 aromatic carbocycles. The summed E-state index contributed by atoms with van der Waals surface area (Å²) in [5.41, 5.74) is 2.32. The van der Waals surface area contributed by atoms with E-state index in [1.54, 1.807) is 25.3 Å². The lowest BCUT2D eigenvalue weighted by molar-refractivity contribution is 0.0838. The van der Waals surface area contributed by atoms with Gasteiger partial charge in [-0.3, -0.25) is 4.79 Å². The summed E-state index contributed by atoms with van der Waals surface area (Å²) in [6, 6.07) is 12.7. The summed E-state index contributed by atoms with van der Waals surface area (Å²) in [5, 5.41) is 12.1. The number of hydrogen-bond acceptors (Lipinski definition) is 4. The molecule has 138 valence electrons. The number of rotatable bonds is 9. The van der Waals surface area contributed by atoms with Crippen molar-refractivity contribution < 1.29 is 19.4 Å². The minimum atomic E-state index is -0.193. The van der Waals surface area contributed by atoms with Crippen molar-refractivity contribution in [2.45, 2.75) is 0 Å². The van der Waals surface area contributed by atoms with Crippen LogP contribution < -0.4 is 10.1 Å². The fourth-order valence-electron chi connectivity index (χ4n) is 2.27. The summed E-state index contributed by atoms with van der Waals surface area (Å²) < 4.78 is 10.5. The highest BCUT2D eigenvalue weighted by Gasteiger charge is 2.08. The van der Waals surface area contributed by atoms with Crippen LogP contribution in [0, 0.1) is 0 Å². The summed E-state index contributed by atoms with van der Waals surface area (Å²) in [6.45, 7) is 0.959. The van der Waals surface area contributed by atoms with E-state index in [2.05, 4.69) is 5.32 Å². The average Bonchev–Trinajstić information content (AvgIpc) is 2.67. The highest BCUT2D eigenvalue weighted by molar-refractivity contribution is 6.30. The Balaban J connectivity index is 2.07. The Hall–Kier alpha value is -2.34. The van der Waals surface area contributed by atoms with Crippen LogP contribution in [-0.2, 0) is 4.74 Å². The Morgan fingerprint density at radius 1 is 1.15 bits per heavy atom. The van der Waals surface area contributed by atoms with Gasteiger partial charge in [0.25, 0.3) is 5.91 Å². The number of methoxy groups -OCH3 is 1. The van der Waals surface area contributed by atoms with Crippen LogP contribution in [0.3, 0.4) is 0 Å². The lowest BCUT2D eigenvalue weighted by Crippen LogP contribution is -2.27. The molecule has 0 aliphatic rings. The summed E-state index contributed by atoms with van der Waals surface area (Å²) in [6.07, 6.45) is 3.82. The second kappa shape index (κ2) is 10.6. The van der Waals surface area contributed by atoms with Gasteiger partial charge in [0.15, 0.2) is 0 Å². The van der Waals surface area contributed by atoms with E-state index in [4.69, 9.17) is 26.2 Å². The van der Waals surface area contributed by atoms with Gasteiger partial charge in [-0.05, 0) is 35.9 Å². The topological polar surface area (TPSA) is 67.8 Å². The molecule has 0 atom stereocenters. The van der Waals surface area contributed by atoms with Crippen LogP contribution in [0.25, 0.3) is 12.2 Å². The van der Waals surface area contributed by atoms with Crippen molar-refractivity contribution in [1.29, 1.82) is 0 Å². The van der Waals surface area contributed by atoms with Crippen LogP contribution in [0.5, 0.6) is 5.75 Å². The zero-order valence-electron chi connectivity index (χ0n) is 14.6.